The van der Waals surface area contributed by atoms with Crippen LogP contribution >= 0.6 is 0 Å². The normalized spacial score (nSPS) is 24.3. The summed E-state index contributed by atoms with van der Waals surface area (Å²) in [7, 11) is 0. The monoisotopic (exact) mass is 206 g/mol. The third-order valence-electron chi connectivity index (χ3n) is 3.56. The number of ketones is 1. The van der Waals surface area contributed by atoms with Crippen LogP contribution in [0, 0.1) is 18.3 Å². The predicted molar refractivity (Wildman–Crippen MR) is 58.9 cm³/mol. The molecule has 15 heavy (non-hydrogen) atoms. The van der Waals surface area contributed by atoms with Gasteiger partial charge in [0.25, 0.3) is 0 Å². The second kappa shape index (κ2) is 3.51. The van der Waals surface area contributed by atoms with Crippen molar-refractivity contribution in [2.75, 3.05) is 0 Å². The van der Waals surface area contributed by atoms with Gasteiger partial charge in [0.15, 0.2) is 5.76 Å². The van der Waals surface area contributed by atoms with E-state index in [4.69, 9.17) is 4.42 Å². The quantitative estimate of drug-likeness (QED) is 0.692. The van der Waals surface area contributed by atoms with Gasteiger partial charge < -0.3 is 4.42 Å². The Morgan fingerprint density at radius 1 is 1.47 bits per heavy atom. The second-order valence-electron chi connectivity index (χ2n) is 5.21. The Balaban J connectivity index is 2.21. The molecule has 0 N–H and O–H groups in total. The Bertz CT molecular complexity index is 374. The molecule has 0 spiro atoms. The summed E-state index contributed by atoms with van der Waals surface area (Å²) < 4.78 is 5.40. The van der Waals surface area contributed by atoms with Crippen molar-refractivity contribution < 1.29 is 9.21 Å². The third-order valence-corrected chi connectivity index (χ3v) is 3.56. The summed E-state index contributed by atoms with van der Waals surface area (Å²) >= 11 is 0. The Hall–Kier alpha value is -1.05. The molecule has 82 valence electrons. The lowest BCUT2D eigenvalue weighted by Crippen LogP contribution is -2.25. The van der Waals surface area contributed by atoms with E-state index in [-0.39, 0.29) is 17.1 Å². The molecule has 1 fully saturated rings. The maximum Gasteiger partial charge on any atom is 0.201 e. The number of aryl methyl sites for hydroxylation is 1. The highest BCUT2D eigenvalue weighted by Crippen LogP contribution is 2.44. The number of furan rings is 1. The first-order valence-electron chi connectivity index (χ1n) is 5.61. The van der Waals surface area contributed by atoms with E-state index in [9.17, 15) is 4.79 Å². The third kappa shape index (κ3) is 1.85. The van der Waals surface area contributed by atoms with Crippen LogP contribution < -0.4 is 0 Å². The first kappa shape index (κ1) is 10.5. The minimum atomic E-state index is 0.137. The summed E-state index contributed by atoms with van der Waals surface area (Å²) in [6.07, 6.45) is 3.30. The van der Waals surface area contributed by atoms with Crippen molar-refractivity contribution in [3.05, 3.63) is 23.7 Å². The van der Waals surface area contributed by atoms with Crippen molar-refractivity contribution in [1.82, 2.24) is 0 Å². The average molecular weight is 206 g/mol. The summed E-state index contributed by atoms with van der Waals surface area (Å²) in [5, 5.41) is 0. The maximum atomic E-state index is 12.2. The van der Waals surface area contributed by atoms with Crippen LogP contribution in [0.1, 0.15) is 49.4 Å². The molecule has 1 atom stereocenters. The summed E-state index contributed by atoms with van der Waals surface area (Å²) in [5.41, 5.74) is 0.137. The molecule has 2 heteroatoms. The summed E-state index contributed by atoms with van der Waals surface area (Å²) in [6.45, 7) is 6.23. The SMILES string of the molecule is Cc1ccc(C(=O)C2CCCC2(C)C)o1. The Labute approximate surface area is 90.7 Å². The van der Waals surface area contributed by atoms with E-state index in [1.54, 1.807) is 6.07 Å². The predicted octanol–water partition coefficient (Wildman–Crippen LogP) is 3.60. The zero-order valence-electron chi connectivity index (χ0n) is 9.67. The standard InChI is InChI=1S/C13H18O2/c1-9-6-7-11(15-9)12(14)10-5-4-8-13(10,2)3/h6-7,10H,4-5,8H2,1-3H3. The van der Waals surface area contributed by atoms with Crippen LogP contribution in [0.4, 0.5) is 0 Å². The van der Waals surface area contributed by atoms with Crippen molar-refractivity contribution in [3.8, 4) is 0 Å². The molecule has 0 saturated heterocycles. The van der Waals surface area contributed by atoms with Crippen LogP contribution in [0.25, 0.3) is 0 Å². The van der Waals surface area contributed by atoms with Gasteiger partial charge >= 0.3 is 0 Å². The molecule has 0 amide bonds. The summed E-state index contributed by atoms with van der Waals surface area (Å²) in [4.78, 5) is 12.2. The topological polar surface area (TPSA) is 30.2 Å². The molecular weight excluding hydrogens is 188 g/mol. The highest BCUT2D eigenvalue weighted by Gasteiger charge is 2.40. The number of carbonyl (C=O) groups is 1. The molecular formula is C13H18O2. The van der Waals surface area contributed by atoms with E-state index >= 15 is 0 Å². The zero-order chi connectivity index (χ0) is 11.1. The minimum Gasteiger partial charge on any atom is -0.458 e. The van der Waals surface area contributed by atoms with Crippen LogP contribution in [0.3, 0.4) is 0 Å². The van der Waals surface area contributed by atoms with Gasteiger partial charge in [-0.2, -0.15) is 0 Å². The van der Waals surface area contributed by atoms with Crippen molar-refractivity contribution in [1.29, 1.82) is 0 Å². The van der Waals surface area contributed by atoms with E-state index in [0.717, 1.165) is 25.0 Å². The molecule has 0 aromatic carbocycles. The maximum absolute atomic E-state index is 12.2. The van der Waals surface area contributed by atoms with Crippen LogP contribution in [-0.4, -0.2) is 5.78 Å². The van der Waals surface area contributed by atoms with Gasteiger partial charge in [-0.25, -0.2) is 0 Å². The fourth-order valence-corrected chi connectivity index (χ4v) is 2.55. The van der Waals surface area contributed by atoms with Crippen LogP contribution in [0.5, 0.6) is 0 Å². The van der Waals surface area contributed by atoms with Gasteiger partial charge in [0, 0.05) is 5.92 Å². The smallest absolute Gasteiger partial charge is 0.201 e. The van der Waals surface area contributed by atoms with Crippen molar-refractivity contribution in [3.63, 3.8) is 0 Å². The van der Waals surface area contributed by atoms with Gasteiger partial charge in [-0.15, -0.1) is 0 Å². The lowest BCUT2D eigenvalue weighted by atomic mass is 9.79. The molecule has 1 unspecified atom stereocenters. The molecule has 1 aromatic heterocycles. The van der Waals surface area contributed by atoms with Gasteiger partial charge in [0.2, 0.25) is 5.78 Å². The molecule has 1 aromatic rings. The Kier molecular flexibility index (Phi) is 2.45. The number of Topliss-reactive ketones (excluding diaryl/α,β-unsaturated/α-hetero) is 1. The Morgan fingerprint density at radius 2 is 2.20 bits per heavy atom. The van der Waals surface area contributed by atoms with E-state index in [2.05, 4.69) is 13.8 Å². The largest absolute Gasteiger partial charge is 0.458 e. The molecule has 1 saturated carbocycles. The van der Waals surface area contributed by atoms with Gasteiger partial charge in [-0.1, -0.05) is 20.3 Å². The number of carbonyl (C=O) groups excluding carboxylic acids is 1. The molecule has 1 heterocycles. The molecule has 1 aliphatic rings. The first-order valence-corrected chi connectivity index (χ1v) is 5.61. The second-order valence-corrected chi connectivity index (χ2v) is 5.21. The zero-order valence-corrected chi connectivity index (χ0v) is 9.67. The molecule has 2 rings (SSSR count). The molecule has 2 nitrogen and oxygen atoms in total. The van der Waals surface area contributed by atoms with Gasteiger partial charge in [0.05, 0.1) is 0 Å². The molecule has 0 aliphatic heterocycles. The van der Waals surface area contributed by atoms with Crippen molar-refractivity contribution >= 4 is 5.78 Å². The number of hydrogen-bond donors (Lipinski definition) is 0. The summed E-state index contributed by atoms with van der Waals surface area (Å²) in [6, 6.07) is 3.65. The van der Waals surface area contributed by atoms with Crippen LogP contribution in [-0.2, 0) is 0 Å². The number of rotatable bonds is 2. The van der Waals surface area contributed by atoms with E-state index in [1.165, 1.54) is 0 Å². The Morgan fingerprint density at radius 3 is 2.67 bits per heavy atom. The van der Waals surface area contributed by atoms with Gasteiger partial charge in [-0.3, -0.25) is 4.79 Å². The van der Waals surface area contributed by atoms with Crippen molar-refractivity contribution in [2.24, 2.45) is 11.3 Å². The lowest BCUT2D eigenvalue weighted by Gasteiger charge is -2.24. The fraction of sp³-hybridized carbons (Fsp3) is 0.615. The van der Waals surface area contributed by atoms with Gasteiger partial charge in [0.1, 0.15) is 5.76 Å². The van der Waals surface area contributed by atoms with Crippen LogP contribution in [0.15, 0.2) is 16.5 Å². The van der Waals surface area contributed by atoms with E-state index < -0.39 is 0 Å². The average Bonchev–Trinajstić information content (AvgIpc) is 2.70. The number of hydrogen-bond acceptors (Lipinski definition) is 2. The molecule has 0 bridgehead atoms. The van der Waals surface area contributed by atoms with Gasteiger partial charge in [-0.05, 0) is 37.3 Å². The van der Waals surface area contributed by atoms with E-state index in [0.29, 0.717) is 5.76 Å². The summed E-state index contributed by atoms with van der Waals surface area (Å²) in [5.74, 6) is 1.68. The fourth-order valence-electron chi connectivity index (χ4n) is 2.55. The first-order chi connectivity index (χ1) is 7.00. The highest BCUT2D eigenvalue weighted by molar-refractivity contribution is 5.96. The van der Waals surface area contributed by atoms with E-state index in [1.807, 2.05) is 13.0 Å². The minimum absolute atomic E-state index is 0.137. The molecule has 0 radical (unpaired) electrons. The molecule has 1 aliphatic carbocycles. The van der Waals surface area contributed by atoms with Crippen molar-refractivity contribution in [2.45, 2.75) is 40.0 Å². The lowest BCUT2D eigenvalue weighted by molar-refractivity contribution is 0.0808. The highest BCUT2D eigenvalue weighted by atomic mass is 16.3. The van der Waals surface area contributed by atoms with Crippen LogP contribution in [0.2, 0.25) is 0 Å².